The van der Waals surface area contributed by atoms with Crippen molar-refractivity contribution in [1.82, 2.24) is 0 Å². The van der Waals surface area contributed by atoms with Gasteiger partial charge in [-0.15, -0.1) is 11.8 Å². The van der Waals surface area contributed by atoms with E-state index < -0.39 is 0 Å². The van der Waals surface area contributed by atoms with Crippen molar-refractivity contribution in [1.29, 1.82) is 0 Å². The topological polar surface area (TPSA) is 39.2 Å². The number of nitrogens with two attached hydrogens (primary N) is 1. The largest absolute Gasteiger partial charge is 0.468 e. The van der Waals surface area contributed by atoms with Gasteiger partial charge in [-0.05, 0) is 24.1 Å². The van der Waals surface area contributed by atoms with Gasteiger partial charge < -0.3 is 10.2 Å². The van der Waals surface area contributed by atoms with Gasteiger partial charge in [0.05, 0.1) is 6.26 Å². The first-order chi connectivity index (χ1) is 7.79. The fourth-order valence-corrected chi connectivity index (χ4v) is 2.37. The van der Waals surface area contributed by atoms with E-state index in [1.54, 1.807) is 18.0 Å². The van der Waals surface area contributed by atoms with Gasteiger partial charge in [0.2, 0.25) is 0 Å². The lowest BCUT2D eigenvalue weighted by atomic mass is 10.1. The molecule has 84 valence electrons. The Hall–Kier alpha value is -1.19. The summed E-state index contributed by atoms with van der Waals surface area (Å²) in [6, 6.07) is 10.4. The maximum Gasteiger partial charge on any atom is 0.114 e. The van der Waals surface area contributed by atoms with Crippen LogP contribution in [-0.4, -0.2) is 0 Å². The van der Waals surface area contributed by atoms with Crippen LogP contribution in [0.4, 0.5) is 0 Å². The van der Waals surface area contributed by atoms with E-state index >= 15 is 0 Å². The lowest BCUT2D eigenvalue weighted by Gasteiger charge is -2.02. The van der Waals surface area contributed by atoms with Crippen molar-refractivity contribution in [3.63, 3.8) is 0 Å². The second kappa shape index (κ2) is 5.23. The van der Waals surface area contributed by atoms with Gasteiger partial charge >= 0.3 is 0 Å². The Balaban J connectivity index is 1.97. The molecule has 0 aliphatic rings. The minimum atomic E-state index is 0.605. The highest BCUT2D eigenvalue weighted by molar-refractivity contribution is 7.98. The van der Waals surface area contributed by atoms with Gasteiger partial charge in [-0.1, -0.05) is 24.3 Å². The second-order valence-corrected chi connectivity index (χ2v) is 4.67. The molecular formula is C13H15NOS. The average Bonchev–Trinajstić information content (AvgIpc) is 2.73. The zero-order valence-corrected chi connectivity index (χ0v) is 10.1. The van der Waals surface area contributed by atoms with Gasteiger partial charge in [-0.25, -0.2) is 0 Å². The maximum atomic E-state index is 5.55. The number of hydrogen-bond acceptors (Lipinski definition) is 3. The van der Waals surface area contributed by atoms with Crippen LogP contribution >= 0.6 is 11.8 Å². The normalized spacial score (nSPS) is 10.6. The van der Waals surface area contributed by atoms with Crippen LogP contribution in [0.1, 0.15) is 16.9 Å². The van der Waals surface area contributed by atoms with Gasteiger partial charge in [-0.3, -0.25) is 0 Å². The summed E-state index contributed by atoms with van der Waals surface area (Å²) in [4.78, 5) is 1.21. The third kappa shape index (κ3) is 2.68. The molecule has 1 aromatic carbocycles. The summed E-state index contributed by atoms with van der Waals surface area (Å²) in [6.07, 6.45) is 1.73. The van der Waals surface area contributed by atoms with Crippen LogP contribution in [0.5, 0.6) is 0 Å². The van der Waals surface area contributed by atoms with Crippen molar-refractivity contribution in [3.05, 3.63) is 53.5 Å². The van der Waals surface area contributed by atoms with E-state index in [2.05, 4.69) is 24.3 Å². The Morgan fingerprint density at radius 1 is 1.12 bits per heavy atom. The highest BCUT2D eigenvalue weighted by Crippen LogP contribution is 2.26. The molecule has 0 saturated heterocycles. The van der Waals surface area contributed by atoms with E-state index in [9.17, 15) is 0 Å². The molecule has 0 aliphatic carbocycles. The Kier molecular flexibility index (Phi) is 3.70. The number of aryl methyl sites for hydroxylation is 1. The molecule has 1 heterocycles. The molecule has 1 aromatic heterocycles. The third-order valence-corrected chi connectivity index (χ3v) is 3.68. The van der Waals surface area contributed by atoms with Crippen molar-refractivity contribution in [2.24, 2.45) is 5.73 Å². The lowest BCUT2D eigenvalue weighted by Crippen LogP contribution is -1.95. The summed E-state index contributed by atoms with van der Waals surface area (Å²) in [5, 5.41) is 0. The smallest absolute Gasteiger partial charge is 0.114 e. The predicted molar refractivity (Wildman–Crippen MR) is 67.3 cm³/mol. The van der Waals surface area contributed by atoms with Gasteiger partial charge in [0.25, 0.3) is 0 Å². The van der Waals surface area contributed by atoms with Crippen molar-refractivity contribution in [2.75, 3.05) is 0 Å². The number of rotatable bonds is 4. The Morgan fingerprint density at radius 2 is 1.81 bits per heavy atom. The molecule has 2 nitrogen and oxygen atoms in total. The average molecular weight is 233 g/mol. The SMILES string of the molecule is Cc1occc1SCc1ccc(CN)cc1. The van der Waals surface area contributed by atoms with E-state index in [1.165, 1.54) is 16.0 Å². The zero-order chi connectivity index (χ0) is 11.4. The number of hydrogen-bond donors (Lipinski definition) is 1. The molecule has 2 rings (SSSR count). The Morgan fingerprint density at radius 3 is 2.38 bits per heavy atom. The van der Waals surface area contributed by atoms with Crippen molar-refractivity contribution < 1.29 is 4.42 Å². The Bertz CT molecular complexity index is 447. The van der Waals surface area contributed by atoms with E-state index in [0.717, 1.165) is 11.5 Å². The maximum absolute atomic E-state index is 5.55. The fourth-order valence-electron chi connectivity index (χ4n) is 1.46. The van der Waals surface area contributed by atoms with E-state index in [0.29, 0.717) is 6.54 Å². The summed E-state index contributed by atoms with van der Waals surface area (Å²) in [5.74, 6) is 1.95. The molecule has 0 unspecified atom stereocenters. The first kappa shape index (κ1) is 11.3. The van der Waals surface area contributed by atoms with Crippen LogP contribution < -0.4 is 5.73 Å². The molecule has 0 atom stereocenters. The highest BCUT2D eigenvalue weighted by Gasteiger charge is 2.02. The van der Waals surface area contributed by atoms with Crippen LogP contribution in [0.2, 0.25) is 0 Å². The molecule has 3 heteroatoms. The van der Waals surface area contributed by atoms with Crippen LogP contribution in [0.15, 0.2) is 45.9 Å². The van der Waals surface area contributed by atoms with Gasteiger partial charge in [-0.2, -0.15) is 0 Å². The summed E-state index contributed by atoms with van der Waals surface area (Å²) < 4.78 is 5.25. The molecule has 2 aromatic rings. The first-order valence-corrected chi connectivity index (χ1v) is 6.23. The number of benzene rings is 1. The van der Waals surface area contributed by atoms with Crippen LogP contribution in [0, 0.1) is 6.92 Å². The van der Waals surface area contributed by atoms with Crippen molar-refractivity contribution in [2.45, 2.75) is 24.1 Å². The van der Waals surface area contributed by atoms with Crippen molar-refractivity contribution in [3.8, 4) is 0 Å². The molecule has 0 spiro atoms. The fraction of sp³-hybridized carbons (Fsp3) is 0.231. The summed E-state index contributed by atoms with van der Waals surface area (Å²) in [7, 11) is 0. The van der Waals surface area contributed by atoms with E-state index in [-0.39, 0.29) is 0 Å². The van der Waals surface area contributed by atoms with Crippen LogP contribution in [0.25, 0.3) is 0 Å². The van der Waals surface area contributed by atoms with E-state index in [4.69, 9.17) is 10.2 Å². The quantitative estimate of drug-likeness (QED) is 0.823. The summed E-state index contributed by atoms with van der Waals surface area (Å²) in [5.41, 5.74) is 8.04. The third-order valence-electron chi connectivity index (χ3n) is 2.46. The van der Waals surface area contributed by atoms with E-state index in [1.807, 2.05) is 13.0 Å². The van der Waals surface area contributed by atoms with Crippen LogP contribution in [0.3, 0.4) is 0 Å². The molecule has 0 radical (unpaired) electrons. The van der Waals surface area contributed by atoms with Crippen LogP contribution in [-0.2, 0) is 12.3 Å². The first-order valence-electron chi connectivity index (χ1n) is 5.24. The molecule has 0 saturated carbocycles. The summed E-state index contributed by atoms with van der Waals surface area (Å²) >= 11 is 1.80. The molecule has 16 heavy (non-hydrogen) atoms. The Labute approximate surface area is 99.8 Å². The molecule has 0 fully saturated rings. The monoisotopic (exact) mass is 233 g/mol. The minimum Gasteiger partial charge on any atom is -0.468 e. The molecule has 0 aliphatic heterocycles. The molecule has 0 bridgehead atoms. The number of thioether (sulfide) groups is 1. The standard InChI is InChI=1S/C13H15NOS/c1-10-13(6-7-15-10)16-9-12-4-2-11(8-14)3-5-12/h2-7H,8-9,14H2,1H3. The molecule has 0 amide bonds. The molecule has 2 N–H and O–H groups in total. The predicted octanol–water partition coefficient (Wildman–Crippen LogP) is 3.34. The number of furan rings is 1. The highest BCUT2D eigenvalue weighted by atomic mass is 32.2. The van der Waals surface area contributed by atoms with Crippen molar-refractivity contribution >= 4 is 11.8 Å². The van der Waals surface area contributed by atoms with Gasteiger partial charge in [0.15, 0.2) is 0 Å². The lowest BCUT2D eigenvalue weighted by molar-refractivity contribution is 0.527. The molecular weight excluding hydrogens is 218 g/mol. The summed E-state index contributed by atoms with van der Waals surface area (Å²) in [6.45, 7) is 2.59. The van der Waals surface area contributed by atoms with Gasteiger partial charge in [0, 0.05) is 17.2 Å². The second-order valence-electron chi connectivity index (χ2n) is 3.65. The minimum absolute atomic E-state index is 0.605. The zero-order valence-electron chi connectivity index (χ0n) is 9.27. The van der Waals surface area contributed by atoms with Gasteiger partial charge in [0.1, 0.15) is 5.76 Å².